The summed E-state index contributed by atoms with van der Waals surface area (Å²) >= 11 is 1.79. The minimum atomic E-state index is -0.394. The number of carbonyl (C=O) groups is 1. The van der Waals surface area contributed by atoms with Gasteiger partial charge in [0.15, 0.2) is 0 Å². The van der Waals surface area contributed by atoms with Gasteiger partial charge in [0.05, 0.1) is 17.0 Å². The summed E-state index contributed by atoms with van der Waals surface area (Å²) in [6.07, 6.45) is 7.09. The molecular formula is C19H26N2OS. The number of carbonyl (C=O) groups excluding carboxylic acids is 1. The maximum atomic E-state index is 13.3. The van der Waals surface area contributed by atoms with Crippen molar-refractivity contribution in [1.29, 1.82) is 5.26 Å². The molecule has 1 aromatic rings. The second-order valence-electron chi connectivity index (χ2n) is 6.41. The Hall–Kier alpha value is -1.47. The van der Waals surface area contributed by atoms with Gasteiger partial charge in [-0.2, -0.15) is 17.0 Å². The van der Waals surface area contributed by atoms with Gasteiger partial charge in [-0.05, 0) is 43.2 Å². The molecule has 0 aromatic heterocycles. The fourth-order valence-corrected chi connectivity index (χ4v) is 4.51. The third kappa shape index (κ3) is 3.55. The number of amides is 1. The van der Waals surface area contributed by atoms with Crippen LogP contribution in [0.1, 0.15) is 50.2 Å². The standard InChI is InChI=1S/C19H26N2OS/c1-4-17(14-23-3)21(2)18(22)19(11-5-6-12-19)16-9-7-15(13-20)8-10-16/h7-10,17H,4-6,11-12,14H2,1-3H3. The minimum Gasteiger partial charge on any atom is -0.341 e. The number of hydrogen-bond donors (Lipinski definition) is 0. The molecule has 1 atom stereocenters. The second kappa shape index (κ2) is 7.88. The summed E-state index contributed by atoms with van der Waals surface area (Å²) in [5, 5.41) is 8.99. The van der Waals surface area contributed by atoms with E-state index in [2.05, 4.69) is 19.2 Å². The molecule has 0 heterocycles. The van der Waals surface area contributed by atoms with Gasteiger partial charge in [0.1, 0.15) is 0 Å². The maximum absolute atomic E-state index is 13.3. The van der Waals surface area contributed by atoms with Crippen LogP contribution in [0, 0.1) is 11.3 Å². The summed E-state index contributed by atoms with van der Waals surface area (Å²) in [6, 6.07) is 10.1. The van der Waals surface area contributed by atoms with Crippen LogP contribution in [-0.2, 0) is 10.2 Å². The number of likely N-dealkylation sites (N-methyl/N-ethyl adjacent to an activating group) is 1. The first-order valence-corrected chi connectivity index (χ1v) is 9.75. The summed E-state index contributed by atoms with van der Waals surface area (Å²) < 4.78 is 0. The fourth-order valence-electron chi connectivity index (χ4n) is 3.67. The van der Waals surface area contributed by atoms with Crippen molar-refractivity contribution in [2.24, 2.45) is 0 Å². The van der Waals surface area contributed by atoms with Gasteiger partial charge in [-0.3, -0.25) is 4.79 Å². The fraction of sp³-hybridized carbons (Fsp3) is 0.579. The van der Waals surface area contributed by atoms with Crippen LogP contribution in [0.15, 0.2) is 24.3 Å². The van der Waals surface area contributed by atoms with E-state index in [1.165, 1.54) is 0 Å². The van der Waals surface area contributed by atoms with Gasteiger partial charge in [0, 0.05) is 18.8 Å². The maximum Gasteiger partial charge on any atom is 0.233 e. The summed E-state index contributed by atoms with van der Waals surface area (Å²) in [4.78, 5) is 15.3. The predicted molar refractivity (Wildman–Crippen MR) is 96.5 cm³/mol. The minimum absolute atomic E-state index is 0.251. The number of nitrogens with zero attached hydrogens (tertiary/aromatic N) is 2. The summed E-state index contributed by atoms with van der Waals surface area (Å²) in [5.74, 6) is 1.22. The molecular weight excluding hydrogens is 304 g/mol. The average molecular weight is 330 g/mol. The quantitative estimate of drug-likeness (QED) is 0.793. The molecule has 23 heavy (non-hydrogen) atoms. The van der Waals surface area contributed by atoms with Crippen LogP contribution in [-0.4, -0.2) is 35.9 Å². The summed E-state index contributed by atoms with van der Waals surface area (Å²) in [7, 11) is 1.95. The van der Waals surface area contributed by atoms with E-state index in [4.69, 9.17) is 5.26 Å². The van der Waals surface area contributed by atoms with Crippen LogP contribution in [0.4, 0.5) is 0 Å². The first-order chi connectivity index (χ1) is 11.1. The van der Waals surface area contributed by atoms with Crippen molar-refractivity contribution in [3.8, 4) is 6.07 Å². The smallest absolute Gasteiger partial charge is 0.233 e. The first-order valence-electron chi connectivity index (χ1n) is 8.36. The highest BCUT2D eigenvalue weighted by molar-refractivity contribution is 7.98. The number of hydrogen-bond acceptors (Lipinski definition) is 3. The lowest BCUT2D eigenvalue weighted by molar-refractivity contribution is -0.137. The number of nitriles is 1. The van der Waals surface area contributed by atoms with E-state index in [0.29, 0.717) is 5.56 Å². The van der Waals surface area contributed by atoms with Crippen LogP contribution in [0.25, 0.3) is 0 Å². The van der Waals surface area contributed by atoms with Gasteiger partial charge < -0.3 is 4.90 Å². The van der Waals surface area contributed by atoms with E-state index in [-0.39, 0.29) is 11.9 Å². The molecule has 1 saturated carbocycles. The topological polar surface area (TPSA) is 44.1 Å². The molecule has 2 rings (SSSR count). The molecule has 3 nitrogen and oxygen atoms in total. The Labute approximate surface area is 144 Å². The normalized spacial score (nSPS) is 17.5. The molecule has 0 bridgehead atoms. The molecule has 0 N–H and O–H groups in total. The number of benzene rings is 1. The molecule has 0 spiro atoms. The third-order valence-corrected chi connectivity index (χ3v) is 5.85. The molecule has 1 aliphatic rings. The number of thioether (sulfide) groups is 1. The van der Waals surface area contributed by atoms with Crippen molar-refractivity contribution in [3.63, 3.8) is 0 Å². The summed E-state index contributed by atoms with van der Waals surface area (Å²) in [5.41, 5.74) is 1.33. The van der Waals surface area contributed by atoms with Crippen molar-refractivity contribution < 1.29 is 4.79 Å². The van der Waals surface area contributed by atoms with Gasteiger partial charge in [0.2, 0.25) is 5.91 Å². The zero-order valence-corrected chi connectivity index (χ0v) is 15.2. The largest absolute Gasteiger partial charge is 0.341 e. The van der Waals surface area contributed by atoms with Crippen LogP contribution in [0.5, 0.6) is 0 Å². The lowest BCUT2D eigenvalue weighted by Crippen LogP contribution is -2.48. The molecule has 4 heteroatoms. The molecule has 1 amide bonds. The average Bonchev–Trinajstić information content (AvgIpc) is 3.09. The van der Waals surface area contributed by atoms with Crippen LogP contribution in [0.3, 0.4) is 0 Å². The van der Waals surface area contributed by atoms with Gasteiger partial charge in [-0.1, -0.05) is 31.9 Å². The van der Waals surface area contributed by atoms with Crippen molar-refractivity contribution in [3.05, 3.63) is 35.4 Å². The van der Waals surface area contributed by atoms with Gasteiger partial charge >= 0.3 is 0 Å². The molecule has 1 fully saturated rings. The zero-order chi connectivity index (χ0) is 16.9. The predicted octanol–water partition coefficient (Wildman–Crippen LogP) is 3.97. The molecule has 1 aliphatic carbocycles. The van der Waals surface area contributed by atoms with Gasteiger partial charge in [-0.25, -0.2) is 0 Å². The van der Waals surface area contributed by atoms with Crippen molar-refractivity contribution in [1.82, 2.24) is 4.90 Å². The van der Waals surface area contributed by atoms with Gasteiger partial charge in [-0.15, -0.1) is 0 Å². The Balaban J connectivity index is 2.32. The van der Waals surface area contributed by atoms with E-state index in [1.807, 2.05) is 36.2 Å². The third-order valence-electron chi connectivity index (χ3n) is 5.13. The van der Waals surface area contributed by atoms with Crippen molar-refractivity contribution >= 4 is 17.7 Å². The molecule has 0 aliphatic heterocycles. The molecule has 1 unspecified atom stereocenters. The van der Waals surface area contributed by atoms with E-state index < -0.39 is 5.41 Å². The van der Waals surface area contributed by atoms with Crippen LogP contribution >= 0.6 is 11.8 Å². The Bertz CT molecular complexity index is 570. The van der Waals surface area contributed by atoms with E-state index >= 15 is 0 Å². The van der Waals surface area contributed by atoms with Crippen LogP contribution in [0.2, 0.25) is 0 Å². The number of rotatable bonds is 6. The van der Waals surface area contributed by atoms with Gasteiger partial charge in [0.25, 0.3) is 0 Å². The highest BCUT2D eigenvalue weighted by atomic mass is 32.2. The lowest BCUT2D eigenvalue weighted by Gasteiger charge is -2.36. The van der Waals surface area contributed by atoms with Crippen molar-refractivity contribution in [2.75, 3.05) is 19.1 Å². The SMILES string of the molecule is CCC(CSC)N(C)C(=O)C1(c2ccc(C#N)cc2)CCCC1. The first kappa shape index (κ1) is 17.9. The highest BCUT2D eigenvalue weighted by Gasteiger charge is 2.45. The molecule has 0 saturated heterocycles. The Morgan fingerprint density at radius 1 is 1.35 bits per heavy atom. The second-order valence-corrected chi connectivity index (χ2v) is 7.32. The van der Waals surface area contributed by atoms with E-state index in [0.717, 1.165) is 43.4 Å². The molecule has 0 radical (unpaired) electrons. The monoisotopic (exact) mass is 330 g/mol. The zero-order valence-electron chi connectivity index (χ0n) is 14.3. The highest BCUT2D eigenvalue weighted by Crippen LogP contribution is 2.43. The lowest BCUT2D eigenvalue weighted by atomic mass is 9.77. The van der Waals surface area contributed by atoms with Crippen molar-refractivity contribution in [2.45, 2.75) is 50.5 Å². The summed E-state index contributed by atoms with van der Waals surface area (Å²) in [6.45, 7) is 2.15. The van der Waals surface area contributed by atoms with E-state index in [1.54, 1.807) is 11.8 Å². The Morgan fingerprint density at radius 2 is 1.96 bits per heavy atom. The Morgan fingerprint density at radius 3 is 2.43 bits per heavy atom. The molecule has 124 valence electrons. The molecule has 1 aromatic carbocycles. The Kier molecular flexibility index (Phi) is 6.12. The van der Waals surface area contributed by atoms with Crippen LogP contribution < -0.4 is 0 Å². The van der Waals surface area contributed by atoms with E-state index in [9.17, 15) is 4.79 Å².